The second-order valence-electron chi connectivity index (χ2n) is 7.14. The third-order valence-corrected chi connectivity index (χ3v) is 5.43. The summed E-state index contributed by atoms with van der Waals surface area (Å²) in [6, 6.07) is 10.6. The Hall–Kier alpha value is -2.06. The molecule has 1 saturated heterocycles. The lowest BCUT2D eigenvalue weighted by Gasteiger charge is -2.34. The molecule has 5 heteroatoms. The van der Waals surface area contributed by atoms with Gasteiger partial charge in [0.1, 0.15) is 5.41 Å². The maximum Gasteiger partial charge on any atom is 0.243 e. The lowest BCUT2D eigenvalue weighted by Crippen LogP contribution is -2.42. The number of nitrogens with zero attached hydrogens (tertiary/aromatic N) is 3. The van der Waals surface area contributed by atoms with Crippen LogP contribution in [-0.4, -0.2) is 44.2 Å². The quantitative estimate of drug-likeness (QED) is 0.845. The van der Waals surface area contributed by atoms with Crippen molar-refractivity contribution in [3.05, 3.63) is 29.8 Å². The molecule has 0 aromatic heterocycles. The topological polar surface area (TPSA) is 56.6 Å². The maximum absolute atomic E-state index is 13.0. The van der Waals surface area contributed by atoms with Gasteiger partial charge < -0.3 is 14.5 Å². The largest absolute Gasteiger partial charge is 0.378 e. The molecule has 0 atom stereocenters. The van der Waals surface area contributed by atoms with E-state index >= 15 is 0 Å². The van der Waals surface area contributed by atoms with E-state index in [0.29, 0.717) is 19.4 Å². The van der Waals surface area contributed by atoms with Crippen molar-refractivity contribution >= 4 is 11.6 Å². The molecule has 1 saturated carbocycles. The van der Waals surface area contributed by atoms with E-state index < -0.39 is 5.41 Å². The number of benzene rings is 1. The average molecular weight is 341 g/mol. The van der Waals surface area contributed by atoms with Gasteiger partial charge >= 0.3 is 0 Å². The summed E-state index contributed by atoms with van der Waals surface area (Å²) in [5.74, 6) is -0.0218. The fourth-order valence-electron chi connectivity index (χ4n) is 3.98. The van der Waals surface area contributed by atoms with Crippen LogP contribution in [-0.2, 0) is 16.1 Å². The first kappa shape index (κ1) is 17.8. The minimum atomic E-state index is -0.819. The van der Waals surface area contributed by atoms with Crippen molar-refractivity contribution in [1.82, 2.24) is 4.90 Å². The van der Waals surface area contributed by atoms with Crippen LogP contribution in [0.1, 0.15) is 37.7 Å². The van der Waals surface area contributed by atoms with Crippen molar-refractivity contribution in [2.75, 3.05) is 38.3 Å². The van der Waals surface area contributed by atoms with Crippen LogP contribution >= 0.6 is 0 Å². The van der Waals surface area contributed by atoms with Gasteiger partial charge in [-0.1, -0.05) is 37.5 Å². The van der Waals surface area contributed by atoms with Gasteiger partial charge in [0, 0.05) is 32.4 Å². The highest BCUT2D eigenvalue weighted by Gasteiger charge is 2.41. The lowest BCUT2D eigenvalue weighted by molar-refractivity contribution is -0.139. The number of morpholine rings is 1. The lowest BCUT2D eigenvalue weighted by atomic mass is 9.74. The molecule has 5 nitrogen and oxygen atoms in total. The molecule has 134 valence electrons. The van der Waals surface area contributed by atoms with Gasteiger partial charge in [0.25, 0.3) is 0 Å². The molecule has 2 aliphatic rings. The second kappa shape index (κ2) is 7.88. The van der Waals surface area contributed by atoms with Crippen LogP contribution in [0.15, 0.2) is 24.3 Å². The van der Waals surface area contributed by atoms with E-state index in [9.17, 15) is 10.1 Å². The van der Waals surface area contributed by atoms with Gasteiger partial charge in [-0.05, 0) is 24.5 Å². The number of hydrogen-bond acceptors (Lipinski definition) is 4. The van der Waals surface area contributed by atoms with Gasteiger partial charge in [-0.3, -0.25) is 4.79 Å². The van der Waals surface area contributed by atoms with Crippen molar-refractivity contribution in [2.24, 2.45) is 5.41 Å². The Morgan fingerprint density at radius 1 is 1.24 bits per heavy atom. The van der Waals surface area contributed by atoms with E-state index in [2.05, 4.69) is 23.1 Å². The zero-order valence-corrected chi connectivity index (χ0v) is 15.0. The molecule has 1 heterocycles. The molecule has 1 aliphatic heterocycles. The number of carbonyl (C=O) groups excluding carboxylic acids is 1. The van der Waals surface area contributed by atoms with Crippen molar-refractivity contribution in [3.63, 3.8) is 0 Å². The highest BCUT2D eigenvalue weighted by molar-refractivity contribution is 5.85. The fraction of sp³-hybridized carbons (Fsp3) is 0.600. The van der Waals surface area contributed by atoms with Gasteiger partial charge in [0.05, 0.1) is 19.3 Å². The second-order valence-corrected chi connectivity index (χ2v) is 7.14. The molecule has 0 unspecified atom stereocenters. The van der Waals surface area contributed by atoms with Crippen LogP contribution in [0.5, 0.6) is 0 Å². The van der Waals surface area contributed by atoms with Crippen LogP contribution < -0.4 is 4.90 Å². The first-order chi connectivity index (χ1) is 12.2. The SMILES string of the molecule is CN(Cc1ccccc1N1CCOCC1)C(=O)C1(C#N)CCCCC1. The molecule has 0 spiro atoms. The molecule has 25 heavy (non-hydrogen) atoms. The molecular weight excluding hydrogens is 314 g/mol. The fourth-order valence-corrected chi connectivity index (χ4v) is 3.98. The smallest absolute Gasteiger partial charge is 0.243 e. The van der Waals surface area contributed by atoms with E-state index in [4.69, 9.17) is 4.74 Å². The van der Waals surface area contributed by atoms with Crippen LogP contribution in [0, 0.1) is 16.7 Å². The predicted molar refractivity (Wildman–Crippen MR) is 97.1 cm³/mol. The van der Waals surface area contributed by atoms with Gasteiger partial charge in [-0.15, -0.1) is 0 Å². The number of nitriles is 1. The monoisotopic (exact) mass is 341 g/mol. The predicted octanol–water partition coefficient (Wildman–Crippen LogP) is 2.96. The highest BCUT2D eigenvalue weighted by Crippen LogP contribution is 2.37. The van der Waals surface area contributed by atoms with Crippen molar-refractivity contribution in [2.45, 2.75) is 38.6 Å². The maximum atomic E-state index is 13.0. The molecule has 1 aliphatic carbocycles. The summed E-state index contributed by atoms with van der Waals surface area (Å²) >= 11 is 0. The highest BCUT2D eigenvalue weighted by atomic mass is 16.5. The minimum absolute atomic E-state index is 0.0218. The summed E-state index contributed by atoms with van der Waals surface area (Å²) in [6.07, 6.45) is 4.45. The summed E-state index contributed by atoms with van der Waals surface area (Å²) in [4.78, 5) is 17.1. The van der Waals surface area contributed by atoms with Crippen molar-refractivity contribution < 1.29 is 9.53 Å². The Balaban J connectivity index is 1.75. The van der Waals surface area contributed by atoms with Gasteiger partial charge in [0.2, 0.25) is 5.91 Å². The number of anilines is 1. The molecule has 1 amide bonds. The molecule has 0 radical (unpaired) electrons. The van der Waals surface area contributed by atoms with E-state index in [1.54, 1.807) is 4.90 Å². The normalized spacial score (nSPS) is 19.9. The van der Waals surface area contributed by atoms with Crippen molar-refractivity contribution in [3.8, 4) is 6.07 Å². The number of carbonyl (C=O) groups is 1. The Morgan fingerprint density at radius 3 is 2.60 bits per heavy atom. The van der Waals surface area contributed by atoms with Crippen LogP contribution in [0.4, 0.5) is 5.69 Å². The Labute approximate surface area is 150 Å². The molecule has 2 fully saturated rings. The standard InChI is InChI=1S/C20H27N3O2/c1-22(19(24)20(16-21)9-5-2-6-10-20)15-17-7-3-4-8-18(17)23-11-13-25-14-12-23/h3-4,7-8H,2,5-6,9-15H2,1H3. The zero-order chi connectivity index (χ0) is 17.7. The Bertz CT molecular complexity index is 641. The third-order valence-electron chi connectivity index (χ3n) is 5.43. The number of ether oxygens (including phenoxy) is 1. The third kappa shape index (κ3) is 3.80. The molecule has 1 aromatic carbocycles. The van der Waals surface area contributed by atoms with Crippen LogP contribution in [0.2, 0.25) is 0 Å². The number of rotatable bonds is 4. The first-order valence-corrected chi connectivity index (χ1v) is 9.24. The average Bonchev–Trinajstić information content (AvgIpc) is 2.69. The van der Waals surface area contributed by atoms with Crippen molar-refractivity contribution in [1.29, 1.82) is 5.26 Å². The van der Waals surface area contributed by atoms with Gasteiger partial charge in [-0.25, -0.2) is 0 Å². The molecule has 3 rings (SSSR count). The number of para-hydroxylation sites is 1. The Kier molecular flexibility index (Phi) is 5.60. The molecule has 0 N–H and O–H groups in total. The first-order valence-electron chi connectivity index (χ1n) is 9.24. The van der Waals surface area contributed by atoms with Crippen LogP contribution in [0.3, 0.4) is 0 Å². The zero-order valence-electron chi connectivity index (χ0n) is 15.0. The minimum Gasteiger partial charge on any atom is -0.378 e. The molecule has 1 aromatic rings. The molecule has 0 bridgehead atoms. The van der Waals surface area contributed by atoms with E-state index in [-0.39, 0.29) is 5.91 Å². The summed E-state index contributed by atoms with van der Waals surface area (Å²) < 4.78 is 5.45. The molecular formula is C20H27N3O2. The number of hydrogen-bond donors (Lipinski definition) is 0. The van der Waals surface area contributed by atoms with Gasteiger partial charge in [0.15, 0.2) is 0 Å². The number of amides is 1. The van der Waals surface area contributed by atoms with E-state index in [0.717, 1.165) is 51.1 Å². The summed E-state index contributed by atoms with van der Waals surface area (Å²) in [7, 11) is 1.83. The van der Waals surface area contributed by atoms with E-state index in [1.807, 2.05) is 19.2 Å². The summed E-state index contributed by atoms with van der Waals surface area (Å²) in [5, 5.41) is 9.67. The van der Waals surface area contributed by atoms with Crippen LogP contribution in [0.25, 0.3) is 0 Å². The van der Waals surface area contributed by atoms with E-state index in [1.165, 1.54) is 5.69 Å². The summed E-state index contributed by atoms with van der Waals surface area (Å²) in [6.45, 7) is 3.75. The summed E-state index contributed by atoms with van der Waals surface area (Å²) in [5.41, 5.74) is 1.48. The Morgan fingerprint density at radius 2 is 1.92 bits per heavy atom. The van der Waals surface area contributed by atoms with Gasteiger partial charge in [-0.2, -0.15) is 5.26 Å².